The molecule has 154 valence electrons. The molecule has 5 rings (SSSR count). The molecular formula is C23H33NO4. The van der Waals surface area contributed by atoms with Crippen LogP contribution in [0.15, 0.2) is 12.1 Å². The van der Waals surface area contributed by atoms with E-state index in [0.717, 1.165) is 36.3 Å². The van der Waals surface area contributed by atoms with Gasteiger partial charge in [-0.15, -0.1) is 0 Å². The number of carbonyl (C=O) groups is 1. The summed E-state index contributed by atoms with van der Waals surface area (Å²) in [7, 11) is 4.76. The molecule has 0 aliphatic heterocycles. The Morgan fingerprint density at radius 3 is 1.96 bits per heavy atom. The van der Waals surface area contributed by atoms with Crippen LogP contribution in [0.5, 0.6) is 17.2 Å². The third-order valence-corrected chi connectivity index (χ3v) is 7.23. The van der Waals surface area contributed by atoms with Crippen molar-refractivity contribution < 1.29 is 19.0 Å². The van der Waals surface area contributed by atoms with Crippen molar-refractivity contribution in [1.82, 2.24) is 5.32 Å². The summed E-state index contributed by atoms with van der Waals surface area (Å²) in [5.41, 5.74) is 1.37. The average Bonchev–Trinajstić information content (AvgIpc) is 2.65. The van der Waals surface area contributed by atoms with Gasteiger partial charge in [-0.3, -0.25) is 4.79 Å². The predicted molar refractivity (Wildman–Crippen MR) is 108 cm³/mol. The van der Waals surface area contributed by atoms with E-state index < -0.39 is 0 Å². The number of ether oxygens (including phenoxy) is 3. The first-order chi connectivity index (χ1) is 13.5. The number of hydrogen-bond acceptors (Lipinski definition) is 4. The van der Waals surface area contributed by atoms with Crippen molar-refractivity contribution in [3.05, 3.63) is 17.7 Å². The van der Waals surface area contributed by atoms with E-state index in [1.807, 2.05) is 12.1 Å². The number of hydrogen-bond donors (Lipinski definition) is 1. The number of rotatable bonds is 8. The summed E-state index contributed by atoms with van der Waals surface area (Å²) in [6, 6.07) is 3.69. The highest BCUT2D eigenvalue weighted by molar-refractivity contribution is 5.79. The van der Waals surface area contributed by atoms with E-state index in [-0.39, 0.29) is 5.91 Å². The van der Waals surface area contributed by atoms with Gasteiger partial charge in [-0.1, -0.05) is 0 Å². The normalized spacial score (nSPS) is 30.2. The summed E-state index contributed by atoms with van der Waals surface area (Å²) < 4.78 is 16.1. The minimum Gasteiger partial charge on any atom is -0.493 e. The fourth-order valence-corrected chi connectivity index (χ4v) is 6.55. The largest absolute Gasteiger partial charge is 0.493 e. The maximum atomic E-state index is 12.5. The number of amides is 1. The van der Waals surface area contributed by atoms with Crippen molar-refractivity contribution in [2.24, 2.45) is 23.2 Å². The highest BCUT2D eigenvalue weighted by Gasteiger charge is 2.50. The quantitative estimate of drug-likeness (QED) is 0.733. The summed E-state index contributed by atoms with van der Waals surface area (Å²) in [5.74, 6) is 4.65. The lowest BCUT2D eigenvalue weighted by Crippen LogP contribution is -2.47. The van der Waals surface area contributed by atoms with E-state index in [1.165, 1.54) is 38.5 Å². The lowest BCUT2D eigenvalue weighted by Gasteiger charge is -2.57. The van der Waals surface area contributed by atoms with E-state index in [0.29, 0.717) is 29.1 Å². The smallest absolute Gasteiger partial charge is 0.224 e. The van der Waals surface area contributed by atoms with Crippen LogP contribution in [0, 0.1) is 23.2 Å². The second kappa shape index (κ2) is 7.84. The fourth-order valence-electron chi connectivity index (χ4n) is 6.55. The molecule has 5 heteroatoms. The van der Waals surface area contributed by atoms with Gasteiger partial charge in [-0.25, -0.2) is 0 Å². The molecule has 4 bridgehead atoms. The van der Waals surface area contributed by atoms with Gasteiger partial charge in [0.05, 0.1) is 27.8 Å². The number of carbonyl (C=O) groups excluding carboxylic acids is 1. The summed E-state index contributed by atoms with van der Waals surface area (Å²) in [6.07, 6.45) is 10.0. The van der Waals surface area contributed by atoms with Crippen molar-refractivity contribution in [2.45, 2.75) is 51.4 Å². The number of nitrogens with one attached hydrogen (secondary N) is 1. The van der Waals surface area contributed by atoms with Crippen LogP contribution in [-0.4, -0.2) is 33.8 Å². The van der Waals surface area contributed by atoms with Crippen LogP contribution in [0.25, 0.3) is 0 Å². The van der Waals surface area contributed by atoms with Gasteiger partial charge in [-0.05, 0) is 85.8 Å². The molecule has 0 aromatic heterocycles. The molecule has 1 aromatic carbocycles. The molecular weight excluding hydrogens is 354 g/mol. The molecule has 4 saturated carbocycles. The molecule has 4 aliphatic rings. The summed E-state index contributed by atoms with van der Waals surface area (Å²) >= 11 is 0. The zero-order valence-corrected chi connectivity index (χ0v) is 17.4. The fraction of sp³-hybridized carbons (Fsp3) is 0.696. The number of methoxy groups -OCH3 is 3. The Balaban J connectivity index is 1.33. The molecule has 0 unspecified atom stereocenters. The topological polar surface area (TPSA) is 56.8 Å². The van der Waals surface area contributed by atoms with Crippen molar-refractivity contribution in [2.75, 3.05) is 27.9 Å². The molecule has 5 nitrogen and oxygen atoms in total. The molecule has 0 radical (unpaired) electrons. The van der Waals surface area contributed by atoms with Crippen molar-refractivity contribution in [1.29, 1.82) is 0 Å². The van der Waals surface area contributed by atoms with E-state index in [9.17, 15) is 4.79 Å². The van der Waals surface area contributed by atoms with Gasteiger partial charge in [0.25, 0.3) is 0 Å². The molecule has 0 spiro atoms. The van der Waals surface area contributed by atoms with Gasteiger partial charge >= 0.3 is 0 Å². The molecule has 0 atom stereocenters. The molecule has 4 aliphatic carbocycles. The van der Waals surface area contributed by atoms with Gasteiger partial charge in [-0.2, -0.15) is 0 Å². The Bertz CT molecular complexity index is 669. The molecule has 1 amide bonds. The SMILES string of the molecule is COc1cc(CC(=O)NCCC23CC4CC(CC(C4)C2)C3)cc(OC)c1OC. The van der Waals surface area contributed by atoms with Crippen LogP contribution in [0.4, 0.5) is 0 Å². The van der Waals surface area contributed by atoms with Gasteiger partial charge in [0, 0.05) is 6.54 Å². The van der Waals surface area contributed by atoms with Crippen molar-refractivity contribution in [3.8, 4) is 17.2 Å². The summed E-state index contributed by atoms with van der Waals surface area (Å²) in [5, 5.41) is 3.16. The minimum atomic E-state index is 0.0546. The van der Waals surface area contributed by atoms with Crippen LogP contribution in [-0.2, 0) is 11.2 Å². The Morgan fingerprint density at radius 2 is 1.50 bits per heavy atom. The monoisotopic (exact) mass is 387 g/mol. The first-order valence-corrected chi connectivity index (χ1v) is 10.6. The van der Waals surface area contributed by atoms with Gasteiger partial charge in [0.1, 0.15) is 0 Å². The Hall–Kier alpha value is -1.91. The third kappa shape index (κ3) is 3.81. The molecule has 4 fully saturated rings. The highest BCUT2D eigenvalue weighted by Crippen LogP contribution is 2.61. The standard InChI is InChI=1S/C23H33NO4/c1-26-19-9-15(10-20(27-2)22(19)28-3)11-21(25)24-5-4-23-12-16-6-17(13-23)8-18(7-16)14-23/h9-10,16-18H,4-8,11-14H2,1-3H3,(H,24,25). The van der Waals surface area contributed by atoms with E-state index >= 15 is 0 Å². The summed E-state index contributed by atoms with van der Waals surface area (Å²) in [4.78, 5) is 12.5. The van der Waals surface area contributed by atoms with Crippen LogP contribution in [0.3, 0.4) is 0 Å². The van der Waals surface area contributed by atoms with Gasteiger partial charge in [0.2, 0.25) is 11.7 Å². The zero-order valence-electron chi connectivity index (χ0n) is 17.4. The average molecular weight is 388 g/mol. The van der Waals surface area contributed by atoms with Crippen LogP contribution >= 0.6 is 0 Å². The van der Waals surface area contributed by atoms with E-state index in [2.05, 4.69) is 5.32 Å². The van der Waals surface area contributed by atoms with Crippen LogP contribution < -0.4 is 19.5 Å². The predicted octanol–water partition coefficient (Wildman–Crippen LogP) is 3.98. The molecule has 28 heavy (non-hydrogen) atoms. The van der Waals surface area contributed by atoms with E-state index in [1.54, 1.807) is 21.3 Å². The maximum Gasteiger partial charge on any atom is 0.224 e. The lowest BCUT2D eigenvalue weighted by molar-refractivity contribution is -0.120. The van der Waals surface area contributed by atoms with Gasteiger partial charge < -0.3 is 19.5 Å². The molecule has 1 aromatic rings. The second-order valence-corrected chi connectivity index (χ2v) is 9.23. The number of benzene rings is 1. The Kier molecular flexibility index (Phi) is 5.44. The van der Waals surface area contributed by atoms with Crippen LogP contribution in [0.2, 0.25) is 0 Å². The molecule has 0 saturated heterocycles. The highest BCUT2D eigenvalue weighted by atomic mass is 16.5. The Morgan fingerprint density at radius 1 is 0.964 bits per heavy atom. The lowest BCUT2D eigenvalue weighted by atomic mass is 9.49. The molecule has 0 heterocycles. The zero-order chi connectivity index (χ0) is 19.7. The molecule has 1 N–H and O–H groups in total. The summed E-state index contributed by atoms with van der Waals surface area (Å²) in [6.45, 7) is 0.787. The van der Waals surface area contributed by atoms with Crippen molar-refractivity contribution in [3.63, 3.8) is 0 Å². The Labute approximate surface area is 168 Å². The first-order valence-electron chi connectivity index (χ1n) is 10.6. The second-order valence-electron chi connectivity index (χ2n) is 9.23. The van der Waals surface area contributed by atoms with Crippen LogP contribution in [0.1, 0.15) is 50.5 Å². The maximum absolute atomic E-state index is 12.5. The van der Waals surface area contributed by atoms with E-state index in [4.69, 9.17) is 14.2 Å². The third-order valence-electron chi connectivity index (χ3n) is 7.23. The van der Waals surface area contributed by atoms with Gasteiger partial charge in [0.15, 0.2) is 11.5 Å². The van der Waals surface area contributed by atoms with Crippen molar-refractivity contribution >= 4 is 5.91 Å². The first kappa shape index (κ1) is 19.4. The minimum absolute atomic E-state index is 0.0546.